The molecule has 1 heterocycles. The first kappa shape index (κ1) is 14.6. The Hall–Kier alpha value is -2.76. The van der Waals surface area contributed by atoms with Gasteiger partial charge in [0, 0.05) is 36.6 Å². The van der Waals surface area contributed by atoms with Crippen LogP contribution < -0.4 is 15.4 Å². The van der Waals surface area contributed by atoms with Crippen LogP contribution in [0.1, 0.15) is 6.42 Å². The normalized spacial score (nSPS) is 11.2. The highest BCUT2D eigenvalue weighted by atomic mass is 16.5. The van der Waals surface area contributed by atoms with E-state index in [9.17, 15) is 0 Å². The molecule has 0 saturated heterocycles. The molecule has 2 rings (SSSR count). The van der Waals surface area contributed by atoms with Crippen LogP contribution in [0.2, 0.25) is 0 Å². The standard InChI is InChI=1S/C15H18N4O2/c1-21-15-11-13(7-9-17-15)19(10-8-14(16)18-20)12-5-3-2-4-6-12/h2-7,9,11,20H,8,10H2,1H3,(H2,16,18). The van der Waals surface area contributed by atoms with Gasteiger partial charge < -0.3 is 20.6 Å². The monoisotopic (exact) mass is 286 g/mol. The Morgan fingerprint density at radius 3 is 2.71 bits per heavy atom. The average molecular weight is 286 g/mol. The summed E-state index contributed by atoms with van der Waals surface area (Å²) in [6.07, 6.45) is 2.13. The van der Waals surface area contributed by atoms with Crippen LogP contribution in [0.15, 0.2) is 53.8 Å². The molecule has 2 aromatic rings. The zero-order chi connectivity index (χ0) is 15.1. The van der Waals surface area contributed by atoms with E-state index in [4.69, 9.17) is 15.7 Å². The third-order valence-electron chi connectivity index (χ3n) is 3.03. The minimum atomic E-state index is 0.192. The summed E-state index contributed by atoms with van der Waals surface area (Å²) in [5.41, 5.74) is 7.51. The van der Waals surface area contributed by atoms with Gasteiger partial charge in [0.1, 0.15) is 5.84 Å². The summed E-state index contributed by atoms with van der Waals surface area (Å²) in [7, 11) is 1.58. The Bertz CT molecular complexity index is 602. The van der Waals surface area contributed by atoms with Gasteiger partial charge in [0.2, 0.25) is 5.88 Å². The van der Waals surface area contributed by atoms with Crippen molar-refractivity contribution in [3.05, 3.63) is 48.7 Å². The van der Waals surface area contributed by atoms with Crippen molar-refractivity contribution >= 4 is 17.2 Å². The number of rotatable bonds is 6. The van der Waals surface area contributed by atoms with Crippen LogP contribution in [0, 0.1) is 0 Å². The number of anilines is 2. The molecule has 0 spiro atoms. The maximum atomic E-state index is 8.69. The summed E-state index contributed by atoms with van der Waals surface area (Å²) >= 11 is 0. The number of methoxy groups -OCH3 is 1. The van der Waals surface area contributed by atoms with E-state index >= 15 is 0 Å². The van der Waals surface area contributed by atoms with Crippen LogP contribution in [0.3, 0.4) is 0 Å². The fourth-order valence-corrected chi connectivity index (χ4v) is 1.97. The third kappa shape index (κ3) is 3.85. The van der Waals surface area contributed by atoms with Crippen molar-refractivity contribution in [3.8, 4) is 5.88 Å². The predicted molar refractivity (Wildman–Crippen MR) is 82.3 cm³/mol. The maximum Gasteiger partial charge on any atom is 0.214 e. The summed E-state index contributed by atoms with van der Waals surface area (Å²) < 4.78 is 5.16. The molecule has 0 aliphatic carbocycles. The molecule has 0 aliphatic rings. The topological polar surface area (TPSA) is 84.0 Å². The lowest BCUT2D eigenvalue weighted by atomic mass is 10.2. The Morgan fingerprint density at radius 2 is 2.05 bits per heavy atom. The number of ether oxygens (including phenoxy) is 1. The zero-order valence-electron chi connectivity index (χ0n) is 11.8. The highest BCUT2D eigenvalue weighted by Gasteiger charge is 2.11. The molecule has 0 fully saturated rings. The van der Waals surface area contributed by atoms with Crippen molar-refractivity contribution in [2.75, 3.05) is 18.6 Å². The van der Waals surface area contributed by atoms with E-state index in [1.54, 1.807) is 13.3 Å². The average Bonchev–Trinajstić information content (AvgIpc) is 2.56. The second-order valence-electron chi connectivity index (χ2n) is 4.38. The number of nitrogens with two attached hydrogens (primary N) is 1. The molecule has 0 amide bonds. The Labute approximate surface area is 123 Å². The lowest BCUT2D eigenvalue weighted by molar-refractivity contribution is 0.317. The van der Waals surface area contributed by atoms with E-state index < -0.39 is 0 Å². The van der Waals surface area contributed by atoms with Crippen molar-refractivity contribution in [1.82, 2.24) is 4.98 Å². The molecular formula is C15H18N4O2. The maximum absolute atomic E-state index is 8.69. The quantitative estimate of drug-likeness (QED) is 0.368. The molecule has 0 bridgehead atoms. The minimum absolute atomic E-state index is 0.192. The number of benzene rings is 1. The lowest BCUT2D eigenvalue weighted by Crippen LogP contribution is -2.24. The summed E-state index contributed by atoms with van der Waals surface area (Å²) in [5.74, 6) is 0.731. The molecule has 6 heteroatoms. The van der Waals surface area contributed by atoms with Crippen LogP contribution in [-0.4, -0.2) is 29.7 Å². The first-order valence-corrected chi connectivity index (χ1v) is 6.53. The molecule has 6 nitrogen and oxygen atoms in total. The third-order valence-corrected chi connectivity index (χ3v) is 3.03. The van der Waals surface area contributed by atoms with Gasteiger partial charge in [0.25, 0.3) is 0 Å². The molecule has 21 heavy (non-hydrogen) atoms. The van der Waals surface area contributed by atoms with E-state index in [0.717, 1.165) is 11.4 Å². The zero-order valence-corrected chi connectivity index (χ0v) is 11.8. The van der Waals surface area contributed by atoms with Crippen LogP contribution in [0.4, 0.5) is 11.4 Å². The lowest BCUT2D eigenvalue weighted by Gasteiger charge is -2.25. The molecule has 1 aromatic heterocycles. The number of oxime groups is 1. The van der Waals surface area contributed by atoms with Crippen LogP contribution >= 0.6 is 0 Å². The van der Waals surface area contributed by atoms with Crippen molar-refractivity contribution in [3.63, 3.8) is 0 Å². The molecule has 0 saturated carbocycles. The van der Waals surface area contributed by atoms with Gasteiger partial charge in [0.15, 0.2) is 0 Å². The van der Waals surface area contributed by atoms with Gasteiger partial charge in [-0.3, -0.25) is 0 Å². The number of pyridine rings is 1. The number of aromatic nitrogens is 1. The summed E-state index contributed by atoms with van der Waals surface area (Å²) in [4.78, 5) is 6.17. The predicted octanol–water partition coefficient (Wildman–Crippen LogP) is 2.36. The van der Waals surface area contributed by atoms with Crippen molar-refractivity contribution < 1.29 is 9.94 Å². The van der Waals surface area contributed by atoms with Gasteiger partial charge in [0.05, 0.1) is 7.11 Å². The molecule has 0 atom stereocenters. The second kappa shape index (κ2) is 7.14. The van der Waals surface area contributed by atoms with Crippen LogP contribution in [0.25, 0.3) is 0 Å². The van der Waals surface area contributed by atoms with Crippen molar-refractivity contribution in [2.45, 2.75) is 6.42 Å². The minimum Gasteiger partial charge on any atom is -0.481 e. The second-order valence-corrected chi connectivity index (χ2v) is 4.38. The molecule has 0 aliphatic heterocycles. The Morgan fingerprint density at radius 1 is 1.29 bits per heavy atom. The van der Waals surface area contributed by atoms with E-state index in [1.165, 1.54) is 0 Å². The van der Waals surface area contributed by atoms with Crippen molar-refractivity contribution in [2.24, 2.45) is 10.9 Å². The fourth-order valence-electron chi connectivity index (χ4n) is 1.97. The number of amidine groups is 1. The molecule has 1 aromatic carbocycles. The van der Waals surface area contributed by atoms with E-state index in [2.05, 4.69) is 15.0 Å². The van der Waals surface area contributed by atoms with Gasteiger partial charge in [-0.15, -0.1) is 0 Å². The highest BCUT2D eigenvalue weighted by molar-refractivity contribution is 5.80. The number of nitrogens with zero attached hydrogens (tertiary/aromatic N) is 3. The molecular weight excluding hydrogens is 268 g/mol. The highest BCUT2D eigenvalue weighted by Crippen LogP contribution is 2.27. The molecule has 0 radical (unpaired) electrons. The Kier molecular flexibility index (Phi) is 4.98. The smallest absolute Gasteiger partial charge is 0.214 e. The van der Waals surface area contributed by atoms with Crippen LogP contribution in [0.5, 0.6) is 5.88 Å². The van der Waals surface area contributed by atoms with E-state index in [0.29, 0.717) is 18.8 Å². The SMILES string of the molecule is COc1cc(N(CC/C(N)=N/O)c2ccccc2)ccn1. The van der Waals surface area contributed by atoms with Gasteiger partial charge >= 0.3 is 0 Å². The summed E-state index contributed by atoms with van der Waals surface area (Å²) in [5, 5.41) is 11.7. The summed E-state index contributed by atoms with van der Waals surface area (Å²) in [6, 6.07) is 13.6. The van der Waals surface area contributed by atoms with Gasteiger partial charge in [-0.2, -0.15) is 0 Å². The fraction of sp³-hybridized carbons (Fsp3) is 0.200. The number of para-hydroxylation sites is 1. The number of hydrogen-bond donors (Lipinski definition) is 2. The first-order chi connectivity index (χ1) is 10.2. The molecule has 3 N–H and O–H groups in total. The summed E-state index contributed by atoms with van der Waals surface area (Å²) in [6.45, 7) is 0.576. The molecule has 110 valence electrons. The largest absolute Gasteiger partial charge is 0.481 e. The Balaban J connectivity index is 2.30. The molecule has 0 unspecified atom stereocenters. The van der Waals surface area contributed by atoms with Gasteiger partial charge in [-0.05, 0) is 18.2 Å². The van der Waals surface area contributed by atoms with E-state index in [1.807, 2.05) is 42.5 Å². The van der Waals surface area contributed by atoms with E-state index in [-0.39, 0.29) is 5.84 Å². The van der Waals surface area contributed by atoms with Crippen molar-refractivity contribution in [1.29, 1.82) is 0 Å². The van der Waals surface area contributed by atoms with Crippen LogP contribution in [-0.2, 0) is 0 Å². The number of hydrogen-bond acceptors (Lipinski definition) is 5. The first-order valence-electron chi connectivity index (χ1n) is 6.53. The van der Waals surface area contributed by atoms with Gasteiger partial charge in [-0.1, -0.05) is 23.4 Å². The van der Waals surface area contributed by atoms with Gasteiger partial charge in [-0.25, -0.2) is 4.98 Å².